The molecule has 2 aromatic rings. The molecule has 1 aliphatic rings. The Morgan fingerprint density at radius 1 is 1.17 bits per heavy atom. The van der Waals surface area contributed by atoms with E-state index in [0.29, 0.717) is 18.7 Å². The van der Waals surface area contributed by atoms with Crippen molar-refractivity contribution in [2.75, 3.05) is 23.3 Å². The number of nitrogens with one attached hydrogen (secondary N) is 1. The molecule has 0 fully saturated rings. The Labute approximate surface area is 160 Å². The fourth-order valence-electron chi connectivity index (χ4n) is 3.01. The largest absolute Gasteiger partial charge is 0.433 e. The van der Waals surface area contributed by atoms with E-state index in [9.17, 15) is 31.1 Å². The Bertz CT molecular complexity index is 993. The van der Waals surface area contributed by atoms with Crippen molar-refractivity contribution in [2.45, 2.75) is 18.8 Å². The summed E-state index contributed by atoms with van der Waals surface area (Å²) >= 11 is 0. The van der Waals surface area contributed by atoms with Crippen LogP contribution in [0.15, 0.2) is 30.3 Å². The molecule has 3 rings (SSSR count). The summed E-state index contributed by atoms with van der Waals surface area (Å²) in [5.74, 6) is -1.53. The highest BCUT2D eigenvalue weighted by atomic mass is 19.4. The van der Waals surface area contributed by atoms with Gasteiger partial charge in [-0.2, -0.15) is 31.6 Å². The SMILES string of the molecule is N#Cc1c(C(F)(F)F)cc(C(F)(F)F)nc1NCC(=O)N1CCc2ccccc21. The van der Waals surface area contributed by atoms with Gasteiger partial charge in [0.05, 0.1) is 12.1 Å². The van der Waals surface area contributed by atoms with Gasteiger partial charge in [0.1, 0.15) is 23.1 Å². The van der Waals surface area contributed by atoms with Crippen LogP contribution < -0.4 is 10.2 Å². The van der Waals surface area contributed by atoms with Crippen LogP contribution in [-0.4, -0.2) is 24.0 Å². The lowest BCUT2D eigenvalue weighted by Crippen LogP contribution is -2.34. The molecule has 0 spiro atoms. The van der Waals surface area contributed by atoms with Crippen molar-refractivity contribution in [3.63, 3.8) is 0 Å². The first kappa shape index (κ1) is 20.4. The van der Waals surface area contributed by atoms with Crippen LogP contribution in [0.5, 0.6) is 0 Å². The number of alkyl halides is 6. The lowest BCUT2D eigenvalue weighted by molar-refractivity contribution is -0.145. The molecule has 2 heterocycles. The molecule has 1 aromatic carbocycles. The Hall–Kier alpha value is -3.29. The number of nitriles is 1. The Morgan fingerprint density at radius 3 is 2.48 bits per heavy atom. The van der Waals surface area contributed by atoms with Crippen LogP contribution in [0.4, 0.5) is 37.8 Å². The minimum atomic E-state index is -5.21. The van der Waals surface area contributed by atoms with Gasteiger partial charge in [0.2, 0.25) is 5.91 Å². The highest BCUT2D eigenvalue weighted by Crippen LogP contribution is 2.38. The van der Waals surface area contributed by atoms with E-state index < -0.39 is 47.4 Å². The number of benzene rings is 1. The Morgan fingerprint density at radius 2 is 1.86 bits per heavy atom. The van der Waals surface area contributed by atoms with Gasteiger partial charge < -0.3 is 10.2 Å². The van der Waals surface area contributed by atoms with Crippen LogP contribution in [0.3, 0.4) is 0 Å². The number of aromatic nitrogens is 1. The fraction of sp³-hybridized carbons (Fsp3) is 0.278. The maximum atomic E-state index is 13.1. The first-order valence-electron chi connectivity index (χ1n) is 8.24. The fourth-order valence-corrected chi connectivity index (χ4v) is 3.01. The highest BCUT2D eigenvalue weighted by Gasteiger charge is 2.41. The van der Waals surface area contributed by atoms with Gasteiger partial charge in [-0.25, -0.2) is 4.98 Å². The average Bonchev–Trinajstić information content (AvgIpc) is 3.08. The molecule has 0 bridgehead atoms. The summed E-state index contributed by atoms with van der Waals surface area (Å²) < 4.78 is 78.3. The number of para-hydroxylation sites is 1. The van der Waals surface area contributed by atoms with Crippen LogP contribution in [0.1, 0.15) is 22.4 Å². The van der Waals surface area contributed by atoms with Gasteiger partial charge in [-0.05, 0) is 24.1 Å². The van der Waals surface area contributed by atoms with E-state index in [0.717, 1.165) is 5.56 Å². The lowest BCUT2D eigenvalue weighted by Gasteiger charge is -2.19. The van der Waals surface area contributed by atoms with Crippen molar-refractivity contribution in [2.24, 2.45) is 0 Å². The third-order valence-corrected chi connectivity index (χ3v) is 4.32. The van der Waals surface area contributed by atoms with Crippen molar-refractivity contribution in [3.8, 4) is 6.07 Å². The third-order valence-electron chi connectivity index (χ3n) is 4.32. The van der Waals surface area contributed by atoms with E-state index >= 15 is 0 Å². The molecular weight excluding hydrogens is 402 g/mol. The Kier molecular flexibility index (Phi) is 5.13. The number of anilines is 2. The zero-order valence-electron chi connectivity index (χ0n) is 14.5. The summed E-state index contributed by atoms with van der Waals surface area (Å²) in [5.41, 5.74) is -3.18. The molecule has 152 valence electrons. The zero-order chi connectivity index (χ0) is 21.4. The standard InChI is InChI=1S/C18H12F6N4O/c19-17(20,21)12-7-14(18(22,23)24)27-16(11(12)8-25)26-9-15(29)28-6-5-10-3-1-2-4-13(10)28/h1-4,7H,5-6,9H2,(H,26,27). The minimum Gasteiger partial charge on any atom is -0.360 e. The van der Waals surface area contributed by atoms with Crippen molar-refractivity contribution >= 4 is 17.4 Å². The molecule has 1 amide bonds. The van der Waals surface area contributed by atoms with Crippen LogP contribution in [0, 0.1) is 11.3 Å². The number of pyridine rings is 1. The second kappa shape index (κ2) is 7.27. The van der Waals surface area contributed by atoms with Crippen molar-refractivity contribution in [3.05, 3.63) is 52.7 Å². The molecule has 0 unspecified atom stereocenters. The molecule has 1 N–H and O–H groups in total. The minimum absolute atomic E-state index is 0.220. The van der Waals surface area contributed by atoms with Crippen molar-refractivity contribution in [1.82, 2.24) is 4.98 Å². The van der Waals surface area contributed by atoms with Gasteiger partial charge in [-0.15, -0.1) is 0 Å². The van der Waals surface area contributed by atoms with E-state index in [1.54, 1.807) is 18.2 Å². The molecule has 29 heavy (non-hydrogen) atoms. The summed E-state index contributed by atoms with van der Waals surface area (Å²) in [5, 5.41) is 11.2. The molecule has 0 saturated carbocycles. The van der Waals surface area contributed by atoms with Crippen LogP contribution in [0.2, 0.25) is 0 Å². The van der Waals surface area contributed by atoms with Gasteiger partial charge in [-0.1, -0.05) is 18.2 Å². The molecule has 0 aliphatic carbocycles. The number of amides is 1. The highest BCUT2D eigenvalue weighted by molar-refractivity contribution is 5.98. The van der Waals surface area contributed by atoms with E-state index in [-0.39, 0.29) is 6.07 Å². The normalized spacial score (nSPS) is 13.8. The van der Waals surface area contributed by atoms with Gasteiger partial charge >= 0.3 is 12.4 Å². The summed E-state index contributed by atoms with van der Waals surface area (Å²) in [6.07, 6.45) is -9.80. The quantitative estimate of drug-likeness (QED) is 0.772. The van der Waals surface area contributed by atoms with Gasteiger partial charge in [0.25, 0.3) is 0 Å². The number of hydrogen-bond acceptors (Lipinski definition) is 4. The van der Waals surface area contributed by atoms with Crippen LogP contribution >= 0.6 is 0 Å². The number of carbonyl (C=O) groups is 1. The van der Waals surface area contributed by atoms with Gasteiger partial charge in [-0.3, -0.25) is 4.79 Å². The second-order valence-electron chi connectivity index (χ2n) is 6.16. The molecule has 11 heteroatoms. The van der Waals surface area contributed by atoms with Gasteiger partial charge in [0.15, 0.2) is 0 Å². The number of halogens is 6. The van der Waals surface area contributed by atoms with E-state index in [1.165, 1.54) is 11.0 Å². The first-order chi connectivity index (χ1) is 13.5. The summed E-state index contributed by atoms with van der Waals surface area (Å²) in [6, 6.07) is 7.99. The third kappa shape index (κ3) is 4.11. The molecule has 0 saturated heterocycles. The summed E-state index contributed by atoms with van der Waals surface area (Å²) in [7, 11) is 0. The maximum absolute atomic E-state index is 13.1. The van der Waals surface area contributed by atoms with E-state index in [4.69, 9.17) is 5.26 Å². The summed E-state index contributed by atoms with van der Waals surface area (Å²) in [4.78, 5) is 16.9. The number of hydrogen-bond donors (Lipinski definition) is 1. The van der Waals surface area contributed by atoms with Crippen LogP contribution in [-0.2, 0) is 23.6 Å². The average molecular weight is 414 g/mol. The van der Waals surface area contributed by atoms with Crippen LogP contribution in [0.25, 0.3) is 0 Å². The topological polar surface area (TPSA) is 69.0 Å². The van der Waals surface area contributed by atoms with E-state index in [2.05, 4.69) is 10.3 Å². The number of fused-ring (bicyclic) bond motifs is 1. The molecular formula is C18H12F6N4O. The molecule has 1 aromatic heterocycles. The maximum Gasteiger partial charge on any atom is 0.433 e. The van der Waals surface area contributed by atoms with Gasteiger partial charge in [0, 0.05) is 12.2 Å². The molecule has 0 atom stereocenters. The van der Waals surface area contributed by atoms with E-state index in [1.807, 2.05) is 6.07 Å². The first-order valence-corrected chi connectivity index (χ1v) is 8.24. The summed E-state index contributed by atoms with van der Waals surface area (Å²) in [6.45, 7) is -0.302. The molecule has 0 radical (unpaired) electrons. The Balaban J connectivity index is 1.91. The molecule has 1 aliphatic heterocycles. The number of carbonyl (C=O) groups excluding carboxylic acids is 1. The second-order valence-corrected chi connectivity index (χ2v) is 6.16. The number of rotatable bonds is 3. The zero-order valence-corrected chi connectivity index (χ0v) is 14.5. The monoisotopic (exact) mass is 414 g/mol. The lowest BCUT2D eigenvalue weighted by atomic mass is 10.1. The smallest absolute Gasteiger partial charge is 0.360 e. The number of nitrogens with zero attached hydrogens (tertiary/aromatic N) is 3. The predicted molar refractivity (Wildman–Crippen MR) is 89.9 cm³/mol. The van der Waals surface area contributed by atoms with Crippen molar-refractivity contribution in [1.29, 1.82) is 5.26 Å². The van der Waals surface area contributed by atoms with Crippen molar-refractivity contribution < 1.29 is 31.1 Å². The molecule has 5 nitrogen and oxygen atoms in total. The predicted octanol–water partition coefficient (Wildman–Crippen LogP) is 3.99.